The first kappa shape index (κ1) is 19.4. The van der Waals surface area contributed by atoms with Crippen LogP contribution in [-0.2, 0) is 10.0 Å². The topological polar surface area (TPSA) is 66.5 Å². The highest BCUT2D eigenvalue weighted by Gasteiger charge is 2.26. The molecule has 0 saturated carbocycles. The Morgan fingerprint density at radius 3 is 2.37 bits per heavy atom. The summed E-state index contributed by atoms with van der Waals surface area (Å²) in [5, 5.41) is 2.27. The average Bonchev–Trinajstić information content (AvgIpc) is 2.95. The molecule has 0 atom stereocenters. The molecule has 0 aliphatic carbocycles. The molecule has 27 heavy (non-hydrogen) atoms. The quantitative estimate of drug-likeness (QED) is 0.858. The Labute approximate surface area is 157 Å². The number of nitrogens with one attached hydrogen (secondary N) is 1. The number of sulfonamides is 1. The fourth-order valence-electron chi connectivity index (χ4n) is 3.02. The van der Waals surface area contributed by atoms with Crippen LogP contribution >= 0.6 is 0 Å². The molecule has 3 rings (SSSR count). The summed E-state index contributed by atoms with van der Waals surface area (Å²) in [6.07, 6.45) is 3.60. The molecule has 144 valence electrons. The molecule has 5 nitrogen and oxygen atoms in total. The van der Waals surface area contributed by atoms with E-state index in [9.17, 15) is 22.0 Å². The second-order valence-electron chi connectivity index (χ2n) is 6.42. The maximum absolute atomic E-state index is 13.7. The minimum Gasteiger partial charge on any atom is -0.319 e. The van der Waals surface area contributed by atoms with Gasteiger partial charge in [-0.15, -0.1) is 0 Å². The highest BCUT2D eigenvalue weighted by molar-refractivity contribution is 7.89. The van der Waals surface area contributed by atoms with Gasteiger partial charge in [0.15, 0.2) is 0 Å². The largest absolute Gasteiger partial charge is 0.319 e. The van der Waals surface area contributed by atoms with E-state index in [0.717, 1.165) is 43.9 Å². The number of halogens is 2. The van der Waals surface area contributed by atoms with Crippen molar-refractivity contribution in [1.82, 2.24) is 4.31 Å². The van der Waals surface area contributed by atoms with Crippen molar-refractivity contribution in [2.24, 2.45) is 0 Å². The van der Waals surface area contributed by atoms with E-state index in [1.54, 1.807) is 0 Å². The van der Waals surface area contributed by atoms with Crippen LogP contribution in [0.15, 0.2) is 47.4 Å². The van der Waals surface area contributed by atoms with Gasteiger partial charge in [0.2, 0.25) is 10.0 Å². The number of hydrogen-bond donors (Lipinski definition) is 1. The molecular formula is C19H20F2N2O3S. The van der Waals surface area contributed by atoms with E-state index in [-0.39, 0.29) is 16.1 Å². The van der Waals surface area contributed by atoms with Crippen LogP contribution in [0.5, 0.6) is 0 Å². The molecule has 0 aromatic heterocycles. The molecule has 1 heterocycles. The maximum atomic E-state index is 13.7. The molecule has 0 bridgehead atoms. The lowest BCUT2D eigenvalue weighted by Gasteiger charge is -2.20. The van der Waals surface area contributed by atoms with Crippen molar-refractivity contribution in [2.45, 2.75) is 30.6 Å². The van der Waals surface area contributed by atoms with Crippen LogP contribution in [0, 0.1) is 11.6 Å². The zero-order valence-corrected chi connectivity index (χ0v) is 15.4. The lowest BCUT2D eigenvalue weighted by atomic mass is 10.2. The van der Waals surface area contributed by atoms with E-state index in [1.165, 1.54) is 28.6 Å². The van der Waals surface area contributed by atoms with Gasteiger partial charge >= 0.3 is 0 Å². The van der Waals surface area contributed by atoms with Gasteiger partial charge in [0.1, 0.15) is 11.6 Å². The van der Waals surface area contributed by atoms with Gasteiger partial charge in [0.25, 0.3) is 5.91 Å². The van der Waals surface area contributed by atoms with E-state index >= 15 is 0 Å². The molecule has 0 radical (unpaired) electrons. The monoisotopic (exact) mass is 394 g/mol. The summed E-state index contributed by atoms with van der Waals surface area (Å²) in [6, 6.07) is 8.29. The lowest BCUT2D eigenvalue weighted by Crippen LogP contribution is -2.32. The van der Waals surface area contributed by atoms with E-state index in [0.29, 0.717) is 13.1 Å². The van der Waals surface area contributed by atoms with Gasteiger partial charge in [0.05, 0.1) is 10.6 Å². The van der Waals surface area contributed by atoms with E-state index < -0.39 is 27.6 Å². The van der Waals surface area contributed by atoms with E-state index in [2.05, 4.69) is 5.32 Å². The summed E-state index contributed by atoms with van der Waals surface area (Å²) < 4.78 is 54.1. The minimum absolute atomic E-state index is 0.0109. The van der Waals surface area contributed by atoms with Crippen molar-refractivity contribution in [3.63, 3.8) is 0 Å². The number of rotatable bonds is 4. The third kappa shape index (κ3) is 4.51. The van der Waals surface area contributed by atoms with Gasteiger partial charge in [-0.2, -0.15) is 4.31 Å². The summed E-state index contributed by atoms with van der Waals surface area (Å²) in [4.78, 5) is 12.4. The molecule has 2 aromatic carbocycles. The number of benzene rings is 2. The Morgan fingerprint density at radius 2 is 1.67 bits per heavy atom. The third-order valence-corrected chi connectivity index (χ3v) is 6.37. The number of anilines is 1. The van der Waals surface area contributed by atoms with Gasteiger partial charge in [-0.3, -0.25) is 4.79 Å². The van der Waals surface area contributed by atoms with Crippen molar-refractivity contribution in [1.29, 1.82) is 0 Å². The first-order valence-corrected chi connectivity index (χ1v) is 10.2. The van der Waals surface area contributed by atoms with Crippen LogP contribution in [0.3, 0.4) is 0 Å². The number of nitrogens with zero attached hydrogens (tertiary/aromatic N) is 1. The van der Waals surface area contributed by atoms with Crippen LogP contribution < -0.4 is 5.32 Å². The van der Waals surface area contributed by atoms with Crippen LogP contribution in [-0.4, -0.2) is 31.7 Å². The minimum atomic E-state index is -3.71. The fraction of sp³-hybridized carbons (Fsp3) is 0.316. The Kier molecular flexibility index (Phi) is 5.86. The van der Waals surface area contributed by atoms with Crippen LogP contribution in [0.4, 0.5) is 14.5 Å². The summed E-state index contributed by atoms with van der Waals surface area (Å²) in [6.45, 7) is 0.903. The van der Waals surface area contributed by atoms with Gasteiger partial charge in [0, 0.05) is 24.7 Å². The first-order valence-electron chi connectivity index (χ1n) is 8.74. The Morgan fingerprint density at radius 1 is 0.963 bits per heavy atom. The molecule has 1 N–H and O–H groups in total. The van der Waals surface area contributed by atoms with Crippen LogP contribution in [0.25, 0.3) is 0 Å². The Balaban J connectivity index is 1.84. The van der Waals surface area contributed by atoms with Gasteiger partial charge in [-0.1, -0.05) is 18.9 Å². The average molecular weight is 394 g/mol. The molecule has 0 spiro atoms. The van der Waals surface area contributed by atoms with E-state index in [4.69, 9.17) is 0 Å². The molecule has 2 aromatic rings. The molecule has 1 saturated heterocycles. The summed E-state index contributed by atoms with van der Waals surface area (Å²) in [5.74, 6) is -2.19. The zero-order chi connectivity index (χ0) is 19.4. The van der Waals surface area contributed by atoms with Crippen LogP contribution in [0.1, 0.15) is 36.0 Å². The normalized spacial score (nSPS) is 15.9. The van der Waals surface area contributed by atoms with Crippen molar-refractivity contribution >= 4 is 21.6 Å². The third-order valence-electron chi connectivity index (χ3n) is 4.48. The van der Waals surface area contributed by atoms with Crippen molar-refractivity contribution in [3.8, 4) is 0 Å². The molecular weight excluding hydrogens is 374 g/mol. The maximum Gasteiger partial charge on any atom is 0.255 e. The molecule has 1 fully saturated rings. The molecule has 1 amide bonds. The molecule has 8 heteroatoms. The number of carbonyl (C=O) groups is 1. The van der Waals surface area contributed by atoms with Crippen molar-refractivity contribution in [3.05, 3.63) is 59.7 Å². The predicted octanol–water partition coefficient (Wildman–Crippen LogP) is 3.78. The smallest absolute Gasteiger partial charge is 0.255 e. The summed E-state index contributed by atoms with van der Waals surface area (Å²) >= 11 is 0. The molecule has 1 aliphatic heterocycles. The van der Waals surface area contributed by atoms with Crippen LogP contribution in [0.2, 0.25) is 0 Å². The predicted molar refractivity (Wildman–Crippen MR) is 98.0 cm³/mol. The summed E-state index contributed by atoms with van der Waals surface area (Å²) in [7, 11) is -3.71. The number of hydrogen-bond acceptors (Lipinski definition) is 3. The van der Waals surface area contributed by atoms with E-state index in [1.807, 2.05) is 0 Å². The fourth-order valence-corrected chi connectivity index (χ4v) is 4.58. The van der Waals surface area contributed by atoms with Gasteiger partial charge in [-0.25, -0.2) is 17.2 Å². The van der Waals surface area contributed by atoms with Gasteiger partial charge in [-0.05, 0) is 43.2 Å². The summed E-state index contributed by atoms with van der Waals surface area (Å²) in [5.41, 5.74) is -0.254. The Hall–Kier alpha value is -2.32. The van der Waals surface area contributed by atoms with Gasteiger partial charge < -0.3 is 5.32 Å². The zero-order valence-electron chi connectivity index (χ0n) is 14.6. The molecule has 0 unspecified atom stereocenters. The lowest BCUT2D eigenvalue weighted by molar-refractivity contribution is 0.102. The number of carbonyl (C=O) groups excluding carboxylic acids is 1. The highest BCUT2D eigenvalue weighted by atomic mass is 32.2. The van der Waals surface area contributed by atoms with Crippen molar-refractivity contribution < 1.29 is 22.0 Å². The molecule has 1 aliphatic rings. The second kappa shape index (κ2) is 8.14. The Bertz CT molecular complexity index is 940. The number of amides is 1. The second-order valence-corrected chi connectivity index (χ2v) is 8.36. The first-order chi connectivity index (χ1) is 12.9. The SMILES string of the molecule is O=C(Nc1cc(F)ccc1F)c1cccc(S(=O)(=O)N2CCCCCC2)c1. The standard InChI is InChI=1S/C19H20F2N2O3S/c20-15-8-9-17(21)18(13-15)22-19(24)14-6-5-7-16(12-14)27(25,26)23-10-3-1-2-4-11-23/h5-9,12-13H,1-4,10-11H2,(H,22,24). The highest BCUT2D eigenvalue weighted by Crippen LogP contribution is 2.22. The van der Waals surface area contributed by atoms with Crippen molar-refractivity contribution in [2.75, 3.05) is 18.4 Å².